The average molecular weight is 351 g/mol. The summed E-state index contributed by atoms with van der Waals surface area (Å²) in [6.07, 6.45) is -0.762. The number of nitrogens with zero attached hydrogens (tertiary/aromatic N) is 5. The number of aromatic nitrogens is 4. The Hall–Kier alpha value is -2.77. The topological polar surface area (TPSA) is 87.3 Å². The summed E-state index contributed by atoms with van der Waals surface area (Å²) in [5, 5.41) is 31.7. The van der Waals surface area contributed by atoms with Crippen LogP contribution < -0.4 is 4.90 Å². The molecule has 2 atom stereocenters. The number of β-amino-alcohol motifs (C(OH)–C–C–N with tert-alkyl or cyclic N) is 2. The lowest BCUT2D eigenvalue weighted by atomic mass is 10.0. The molecule has 26 heavy (non-hydrogen) atoms. The molecule has 1 aliphatic rings. The van der Waals surface area contributed by atoms with Gasteiger partial charge in [-0.2, -0.15) is 0 Å². The highest BCUT2D eigenvalue weighted by Crippen LogP contribution is 2.21. The maximum Gasteiger partial charge on any atom is 0.246 e. The van der Waals surface area contributed by atoms with E-state index in [0.717, 1.165) is 11.1 Å². The van der Waals surface area contributed by atoms with E-state index >= 15 is 0 Å². The molecule has 1 saturated heterocycles. The molecule has 0 bridgehead atoms. The van der Waals surface area contributed by atoms with Crippen LogP contribution in [0.1, 0.15) is 12.0 Å². The number of hydrogen-bond acceptors (Lipinski definition) is 6. The lowest BCUT2D eigenvalue weighted by molar-refractivity contribution is 0.0642. The number of aliphatic hydroxyl groups is 2. The van der Waals surface area contributed by atoms with Gasteiger partial charge in [-0.05, 0) is 27.1 Å². The van der Waals surface area contributed by atoms with Crippen molar-refractivity contribution in [3.63, 3.8) is 0 Å². The standard InChI is InChI=1S/C19H21N5O2/c25-17-10-18(26)13-23(12-17)19-20-21-22-24(19)11-14-6-8-16(9-7-14)15-4-2-1-3-5-15/h1-9,17-18,25-26H,10-13H2/t17-,18-/m1/s1. The predicted molar refractivity (Wildman–Crippen MR) is 97.6 cm³/mol. The molecule has 3 aromatic rings. The van der Waals surface area contributed by atoms with Crippen LogP contribution in [0, 0.1) is 0 Å². The third kappa shape index (κ3) is 3.58. The monoisotopic (exact) mass is 351 g/mol. The molecule has 2 heterocycles. The number of benzene rings is 2. The minimum absolute atomic E-state index is 0.388. The average Bonchev–Trinajstić information content (AvgIpc) is 3.10. The van der Waals surface area contributed by atoms with Crippen LogP contribution in [0.15, 0.2) is 54.6 Å². The van der Waals surface area contributed by atoms with Crippen LogP contribution in [-0.4, -0.2) is 55.7 Å². The number of aliphatic hydroxyl groups excluding tert-OH is 2. The smallest absolute Gasteiger partial charge is 0.246 e. The molecule has 0 unspecified atom stereocenters. The van der Waals surface area contributed by atoms with E-state index in [1.807, 2.05) is 23.1 Å². The predicted octanol–water partition coefficient (Wildman–Crippen LogP) is 1.32. The quantitative estimate of drug-likeness (QED) is 0.737. The Morgan fingerprint density at radius 3 is 2.23 bits per heavy atom. The summed E-state index contributed by atoms with van der Waals surface area (Å²) in [7, 11) is 0. The maximum atomic E-state index is 9.89. The van der Waals surface area contributed by atoms with Gasteiger partial charge in [0.1, 0.15) is 0 Å². The van der Waals surface area contributed by atoms with Crippen LogP contribution in [0.4, 0.5) is 5.95 Å². The van der Waals surface area contributed by atoms with Crippen molar-refractivity contribution in [1.29, 1.82) is 0 Å². The van der Waals surface area contributed by atoms with Gasteiger partial charge in [0, 0.05) is 19.5 Å². The van der Waals surface area contributed by atoms with Gasteiger partial charge < -0.3 is 15.1 Å². The summed E-state index contributed by atoms with van der Waals surface area (Å²) in [4.78, 5) is 1.83. The molecule has 1 aromatic heterocycles. The van der Waals surface area contributed by atoms with Gasteiger partial charge in [0.05, 0.1) is 18.8 Å². The van der Waals surface area contributed by atoms with Crippen LogP contribution in [-0.2, 0) is 6.54 Å². The van der Waals surface area contributed by atoms with Crippen LogP contribution in [0.25, 0.3) is 11.1 Å². The van der Waals surface area contributed by atoms with Crippen molar-refractivity contribution in [3.05, 3.63) is 60.2 Å². The Labute approximate surface area is 151 Å². The normalized spacial score (nSPS) is 20.3. The van der Waals surface area contributed by atoms with Crippen molar-refractivity contribution in [3.8, 4) is 11.1 Å². The van der Waals surface area contributed by atoms with Crippen LogP contribution in [0.3, 0.4) is 0 Å². The van der Waals surface area contributed by atoms with Crippen molar-refractivity contribution in [2.45, 2.75) is 25.2 Å². The second-order valence-corrected chi connectivity index (χ2v) is 6.65. The highest BCUT2D eigenvalue weighted by molar-refractivity contribution is 5.63. The van der Waals surface area contributed by atoms with E-state index in [2.05, 4.69) is 51.9 Å². The first-order valence-electron chi connectivity index (χ1n) is 8.70. The van der Waals surface area contributed by atoms with E-state index in [9.17, 15) is 10.2 Å². The summed E-state index contributed by atoms with van der Waals surface area (Å²) in [5.41, 5.74) is 3.42. The zero-order valence-corrected chi connectivity index (χ0v) is 14.3. The van der Waals surface area contributed by atoms with Crippen molar-refractivity contribution in [2.24, 2.45) is 0 Å². The molecule has 7 heteroatoms. The highest BCUT2D eigenvalue weighted by Gasteiger charge is 2.27. The molecule has 0 radical (unpaired) electrons. The van der Waals surface area contributed by atoms with Crippen LogP contribution >= 0.6 is 0 Å². The fraction of sp³-hybridized carbons (Fsp3) is 0.316. The SMILES string of the molecule is O[C@@H]1C[C@@H](O)CN(c2nnnn2Cc2ccc(-c3ccccc3)cc2)C1. The molecule has 2 N–H and O–H groups in total. The van der Waals surface area contributed by atoms with Crippen molar-refractivity contribution in [2.75, 3.05) is 18.0 Å². The van der Waals surface area contributed by atoms with Crippen molar-refractivity contribution in [1.82, 2.24) is 20.2 Å². The Bertz CT molecular complexity index is 840. The molecule has 134 valence electrons. The molecule has 4 rings (SSSR count). The summed E-state index contributed by atoms with van der Waals surface area (Å²) >= 11 is 0. The van der Waals surface area contributed by atoms with Crippen molar-refractivity contribution < 1.29 is 10.2 Å². The summed E-state index contributed by atoms with van der Waals surface area (Å²) < 4.78 is 1.70. The van der Waals surface area contributed by atoms with Crippen molar-refractivity contribution >= 4 is 5.95 Å². The van der Waals surface area contributed by atoms with E-state index < -0.39 is 12.2 Å². The molecule has 0 spiro atoms. The zero-order valence-electron chi connectivity index (χ0n) is 14.3. The van der Waals surface area contributed by atoms with Gasteiger partial charge >= 0.3 is 0 Å². The fourth-order valence-corrected chi connectivity index (χ4v) is 3.34. The highest BCUT2D eigenvalue weighted by atomic mass is 16.3. The first kappa shape index (κ1) is 16.7. The summed E-state index contributed by atoms with van der Waals surface area (Å²) in [6, 6.07) is 18.5. The molecule has 1 fully saturated rings. The second-order valence-electron chi connectivity index (χ2n) is 6.65. The number of tetrazole rings is 1. The first-order valence-corrected chi connectivity index (χ1v) is 8.70. The largest absolute Gasteiger partial charge is 0.391 e. The van der Waals surface area contributed by atoms with Gasteiger partial charge in [0.15, 0.2) is 0 Å². The lowest BCUT2D eigenvalue weighted by Gasteiger charge is -2.33. The van der Waals surface area contributed by atoms with Gasteiger partial charge in [-0.1, -0.05) is 59.7 Å². The number of anilines is 1. The van der Waals surface area contributed by atoms with Gasteiger partial charge in [0.2, 0.25) is 5.95 Å². The van der Waals surface area contributed by atoms with Crippen LogP contribution in [0.5, 0.6) is 0 Å². The molecular formula is C19H21N5O2. The molecule has 1 aliphatic heterocycles. The molecule has 0 amide bonds. The Morgan fingerprint density at radius 1 is 0.885 bits per heavy atom. The number of rotatable bonds is 4. The third-order valence-corrected chi connectivity index (χ3v) is 4.60. The minimum Gasteiger partial charge on any atom is -0.391 e. The Kier molecular flexibility index (Phi) is 4.64. The molecule has 0 saturated carbocycles. The van der Waals surface area contributed by atoms with Gasteiger partial charge in [0.25, 0.3) is 0 Å². The number of hydrogen-bond donors (Lipinski definition) is 2. The maximum absolute atomic E-state index is 9.89. The van der Waals surface area contributed by atoms with E-state index in [4.69, 9.17) is 0 Å². The van der Waals surface area contributed by atoms with Gasteiger partial charge in [-0.3, -0.25) is 0 Å². The fourth-order valence-electron chi connectivity index (χ4n) is 3.34. The molecule has 0 aliphatic carbocycles. The Morgan fingerprint density at radius 2 is 1.54 bits per heavy atom. The van der Waals surface area contributed by atoms with E-state index in [1.165, 1.54) is 5.56 Å². The van der Waals surface area contributed by atoms with Crippen LogP contribution in [0.2, 0.25) is 0 Å². The van der Waals surface area contributed by atoms with Gasteiger partial charge in [-0.15, -0.1) is 0 Å². The number of piperidine rings is 1. The zero-order chi connectivity index (χ0) is 17.9. The summed E-state index contributed by atoms with van der Waals surface area (Å²) in [5.74, 6) is 0.565. The van der Waals surface area contributed by atoms with E-state index in [0.29, 0.717) is 32.0 Å². The second kappa shape index (κ2) is 7.23. The van der Waals surface area contributed by atoms with E-state index in [-0.39, 0.29) is 0 Å². The Balaban J connectivity index is 1.51. The molecular weight excluding hydrogens is 330 g/mol. The lowest BCUT2D eigenvalue weighted by Crippen LogP contribution is -2.46. The summed E-state index contributed by atoms with van der Waals surface area (Å²) in [6.45, 7) is 1.37. The first-order chi connectivity index (χ1) is 12.7. The molecule has 7 nitrogen and oxygen atoms in total. The minimum atomic E-state index is -0.575. The third-order valence-electron chi connectivity index (χ3n) is 4.60. The van der Waals surface area contributed by atoms with E-state index in [1.54, 1.807) is 4.68 Å². The van der Waals surface area contributed by atoms with Gasteiger partial charge in [-0.25, -0.2) is 4.68 Å². The molecule has 2 aromatic carbocycles.